The number of ether oxygens (including phenoxy) is 1. The second kappa shape index (κ2) is 7.17. The Hall–Kier alpha value is -2.15. The summed E-state index contributed by atoms with van der Waals surface area (Å²) in [5.74, 6) is -0.209. The molecule has 1 saturated heterocycles. The van der Waals surface area contributed by atoms with Crippen molar-refractivity contribution in [2.45, 2.75) is 45.8 Å². The number of esters is 1. The SMILES string of the molecule is COC(=O)CCn1cc(CN2CC[C@H](n3nc(C)cc3C)C2)cn1. The Morgan fingerprint density at radius 3 is 2.96 bits per heavy atom. The van der Waals surface area contributed by atoms with E-state index in [2.05, 4.69) is 37.5 Å². The monoisotopic (exact) mass is 331 g/mol. The zero-order chi connectivity index (χ0) is 17.1. The highest BCUT2D eigenvalue weighted by atomic mass is 16.5. The summed E-state index contributed by atoms with van der Waals surface area (Å²) in [4.78, 5) is 13.6. The van der Waals surface area contributed by atoms with Crippen LogP contribution >= 0.6 is 0 Å². The van der Waals surface area contributed by atoms with Crippen LogP contribution in [0, 0.1) is 13.8 Å². The first kappa shape index (κ1) is 16.7. The number of likely N-dealkylation sites (tertiary alicyclic amines) is 1. The van der Waals surface area contributed by atoms with E-state index in [1.165, 1.54) is 18.4 Å². The van der Waals surface area contributed by atoms with Crippen LogP contribution in [0.15, 0.2) is 18.5 Å². The van der Waals surface area contributed by atoms with E-state index >= 15 is 0 Å². The highest BCUT2D eigenvalue weighted by Gasteiger charge is 2.25. The van der Waals surface area contributed by atoms with Crippen molar-refractivity contribution in [3.63, 3.8) is 0 Å². The molecule has 1 aliphatic heterocycles. The van der Waals surface area contributed by atoms with Crippen molar-refractivity contribution in [3.8, 4) is 0 Å². The maximum absolute atomic E-state index is 11.2. The topological polar surface area (TPSA) is 65.2 Å². The summed E-state index contributed by atoms with van der Waals surface area (Å²) in [6, 6.07) is 2.58. The van der Waals surface area contributed by atoms with E-state index in [4.69, 9.17) is 0 Å². The van der Waals surface area contributed by atoms with E-state index in [1.807, 2.05) is 19.3 Å². The van der Waals surface area contributed by atoms with Crippen LogP contribution in [-0.2, 0) is 22.6 Å². The molecular weight excluding hydrogens is 306 g/mol. The summed E-state index contributed by atoms with van der Waals surface area (Å²) >= 11 is 0. The lowest BCUT2D eigenvalue weighted by Gasteiger charge is -2.16. The number of aryl methyl sites for hydroxylation is 3. The van der Waals surface area contributed by atoms with Crippen LogP contribution < -0.4 is 0 Å². The smallest absolute Gasteiger partial charge is 0.307 e. The van der Waals surface area contributed by atoms with Crippen molar-refractivity contribution in [2.75, 3.05) is 20.2 Å². The molecule has 0 unspecified atom stereocenters. The third-order valence-electron chi connectivity index (χ3n) is 4.50. The maximum Gasteiger partial charge on any atom is 0.307 e. The summed E-state index contributed by atoms with van der Waals surface area (Å²) in [5, 5.41) is 8.94. The molecule has 0 aliphatic carbocycles. The molecular formula is C17H25N5O2. The molecule has 3 rings (SSSR count). The van der Waals surface area contributed by atoms with Gasteiger partial charge in [0.05, 0.1) is 38.0 Å². The number of rotatable bonds is 6. The Morgan fingerprint density at radius 2 is 2.25 bits per heavy atom. The van der Waals surface area contributed by atoms with Crippen molar-refractivity contribution < 1.29 is 9.53 Å². The van der Waals surface area contributed by atoms with Gasteiger partial charge < -0.3 is 4.74 Å². The molecule has 0 N–H and O–H groups in total. The van der Waals surface area contributed by atoms with Gasteiger partial charge in [0.1, 0.15) is 0 Å². The van der Waals surface area contributed by atoms with Gasteiger partial charge in [-0.3, -0.25) is 19.1 Å². The molecule has 7 nitrogen and oxygen atoms in total. The van der Waals surface area contributed by atoms with Gasteiger partial charge in [0.25, 0.3) is 0 Å². The first-order chi connectivity index (χ1) is 11.5. The summed E-state index contributed by atoms with van der Waals surface area (Å²) < 4.78 is 8.62. The van der Waals surface area contributed by atoms with Crippen LogP contribution in [0.25, 0.3) is 0 Å². The summed E-state index contributed by atoms with van der Waals surface area (Å²) in [7, 11) is 1.41. The van der Waals surface area contributed by atoms with Gasteiger partial charge in [-0.1, -0.05) is 0 Å². The number of aromatic nitrogens is 4. The lowest BCUT2D eigenvalue weighted by atomic mass is 10.2. The Kier molecular flexibility index (Phi) is 4.99. The Balaban J connectivity index is 1.53. The predicted molar refractivity (Wildman–Crippen MR) is 89.5 cm³/mol. The van der Waals surface area contributed by atoms with E-state index in [9.17, 15) is 4.79 Å². The van der Waals surface area contributed by atoms with Gasteiger partial charge in [-0.25, -0.2) is 0 Å². The highest BCUT2D eigenvalue weighted by Crippen LogP contribution is 2.24. The normalized spacial score (nSPS) is 18.2. The van der Waals surface area contributed by atoms with Crippen LogP contribution in [0.2, 0.25) is 0 Å². The summed E-state index contributed by atoms with van der Waals surface area (Å²) in [5.41, 5.74) is 3.49. The van der Waals surface area contributed by atoms with Crippen molar-refractivity contribution in [3.05, 3.63) is 35.4 Å². The van der Waals surface area contributed by atoms with Crippen molar-refractivity contribution in [1.29, 1.82) is 0 Å². The Morgan fingerprint density at radius 1 is 1.42 bits per heavy atom. The molecule has 24 heavy (non-hydrogen) atoms. The molecule has 0 aromatic carbocycles. The third-order valence-corrected chi connectivity index (χ3v) is 4.50. The Labute approximate surface area is 142 Å². The zero-order valence-corrected chi connectivity index (χ0v) is 14.6. The second-order valence-electron chi connectivity index (χ2n) is 6.49. The zero-order valence-electron chi connectivity index (χ0n) is 14.6. The summed E-state index contributed by atoms with van der Waals surface area (Å²) in [6.07, 6.45) is 5.37. The minimum Gasteiger partial charge on any atom is -0.469 e. The molecule has 0 radical (unpaired) electrons. The van der Waals surface area contributed by atoms with Crippen LogP contribution in [0.4, 0.5) is 0 Å². The van der Waals surface area contributed by atoms with Crippen molar-refractivity contribution in [2.24, 2.45) is 0 Å². The van der Waals surface area contributed by atoms with E-state index in [0.29, 0.717) is 19.0 Å². The number of nitrogens with zero attached hydrogens (tertiary/aromatic N) is 5. The molecule has 3 heterocycles. The number of carbonyl (C=O) groups is 1. The van der Waals surface area contributed by atoms with Gasteiger partial charge in [0.2, 0.25) is 0 Å². The fraction of sp³-hybridized carbons (Fsp3) is 0.588. The Bertz CT molecular complexity index is 706. The molecule has 0 amide bonds. The third kappa shape index (κ3) is 3.84. The largest absolute Gasteiger partial charge is 0.469 e. The minimum atomic E-state index is -0.209. The molecule has 7 heteroatoms. The first-order valence-electron chi connectivity index (χ1n) is 8.38. The quantitative estimate of drug-likeness (QED) is 0.754. The van der Waals surface area contributed by atoms with Gasteiger partial charge in [-0.15, -0.1) is 0 Å². The fourth-order valence-electron chi connectivity index (χ4n) is 3.35. The summed E-state index contributed by atoms with van der Waals surface area (Å²) in [6.45, 7) is 7.67. The first-order valence-corrected chi connectivity index (χ1v) is 8.38. The molecule has 1 aliphatic rings. The van der Waals surface area contributed by atoms with Crippen LogP contribution in [0.1, 0.15) is 35.8 Å². The van der Waals surface area contributed by atoms with Gasteiger partial charge in [0.15, 0.2) is 0 Å². The molecule has 2 aromatic rings. The van der Waals surface area contributed by atoms with E-state index in [-0.39, 0.29) is 5.97 Å². The average Bonchev–Trinajstić information content (AvgIpc) is 3.26. The molecule has 0 spiro atoms. The fourth-order valence-corrected chi connectivity index (χ4v) is 3.35. The van der Waals surface area contributed by atoms with E-state index in [0.717, 1.165) is 31.7 Å². The van der Waals surface area contributed by atoms with Gasteiger partial charge in [0, 0.05) is 37.1 Å². The van der Waals surface area contributed by atoms with Crippen LogP contribution in [0.3, 0.4) is 0 Å². The predicted octanol–water partition coefficient (Wildman–Crippen LogP) is 1.71. The molecule has 2 aromatic heterocycles. The molecule has 0 bridgehead atoms. The number of methoxy groups -OCH3 is 1. The average molecular weight is 331 g/mol. The van der Waals surface area contributed by atoms with Crippen LogP contribution in [0.5, 0.6) is 0 Å². The number of carbonyl (C=O) groups excluding carboxylic acids is 1. The number of hydrogen-bond donors (Lipinski definition) is 0. The van der Waals surface area contributed by atoms with Crippen molar-refractivity contribution in [1.82, 2.24) is 24.5 Å². The lowest BCUT2D eigenvalue weighted by molar-refractivity contribution is -0.140. The van der Waals surface area contributed by atoms with E-state index in [1.54, 1.807) is 4.68 Å². The van der Waals surface area contributed by atoms with Gasteiger partial charge in [-0.05, 0) is 26.3 Å². The second-order valence-corrected chi connectivity index (χ2v) is 6.49. The number of hydrogen-bond acceptors (Lipinski definition) is 5. The molecule has 130 valence electrons. The maximum atomic E-state index is 11.2. The minimum absolute atomic E-state index is 0.209. The van der Waals surface area contributed by atoms with Crippen LogP contribution in [-0.4, -0.2) is 50.6 Å². The van der Waals surface area contributed by atoms with Crippen molar-refractivity contribution >= 4 is 5.97 Å². The van der Waals surface area contributed by atoms with E-state index < -0.39 is 0 Å². The highest BCUT2D eigenvalue weighted by molar-refractivity contribution is 5.68. The molecule has 1 fully saturated rings. The molecule has 1 atom stereocenters. The lowest BCUT2D eigenvalue weighted by Crippen LogP contribution is -2.21. The van der Waals surface area contributed by atoms with Gasteiger partial charge >= 0.3 is 5.97 Å². The van der Waals surface area contributed by atoms with Gasteiger partial charge in [-0.2, -0.15) is 10.2 Å². The molecule has 0 saturated carbocycles. The standard InChI is InChI=1S/C17H25N5O2/c1-13-8-14(2)22(19-13)16-4-6-20(12-16)10-15-9-18-21(11-15)7-5-17(23)24-3/h8-9,11,16H,4-7,10,12H2,1-3H3/t16-/m0/s1.